The molecule has 0 unspecified atom stereocenters. The molecule has 0 bridgehead atoms. The van der Waals surface area contributed by atoms with Gasteiger partial charge < -0.3 is 4.90 Å². The van der Waals surface area contributed by atoms with Crippen molar-refractivity contribution < 1.29 is 0 Å². The Morgan fingerprint density at radius 2 is 0.816 bits per heavy atom. The number of aryl methyl sites for hydroxylation is 1. The second-order valence-electron chi connectivity index (χ2n) is 12.0. The molecule has 5 aromatic carbocycles. The zero-order valence-electron chi connectivity index (χ0n) is 22.8. The lowest BCUT2D eigenvalue weighted by Crippen LogP contribution is -2.18. The smallest absolute Gasteiger partial charge is 0.0465 e. The quantitative estimate of drug-likeness (QED) is 0.243. The Kier molecular flexibility index (Phi) is 4.82. The topological polar surface area (TPSA) is 3.24 Å². The third-order valence-electron chi connectivity index (χ3n) is 8.94. The maximum absolute atomic E-state index is 2.43. The van der Waals surface area contributed by atoms with Crippen LogP contribution >= 0.6 is 0 Å². The van der Waals surface area contributed by atoms with Gasteiger partial charge in [-0.3, -0.25) is 0 Å². The third-order valence-corrected chi connectivity index (χ3v) is 8.94. The Balaban J connectivity index is 1.42. The van der Waals surface area contributed by atoms with Gasteiger partial charge >= 0.3 is 0 Å². The number of rotatable bonds is 3. The van der Waals surface area contributed by atoms with Gasteiger partial charge in [-0.25, -0.2) is 0 Å². The summed E-state index contributed by atoms with van der Waals surface area (Å²) >= 11 is 0. The molecule has 0 saturated carbocycles. The number of hydrogen-bond acceptors (Lipinski definition) is 1. The fourth-order valence-corrected chi connectivity index (χ4v) is 6.80. The molecule has 0 N–H and O–H groups in total. The molecule has 5 aromatic rings. The summed E-state index contributed by atoms with van der Waals surface area (Å²) in [7, 11) is 0. The molecular weight excluding hydrogens is 458 g/mol. The molecule has 2 aliphatic carbocycles. The van der Waals surface area contributed by atoms with Crippen LogP contribution in [0.3, 0.4) is 0 Å². The second kappa shape index (κ2) is 7.95. The summed E-state index contributed by atoms with van der Waals surface area (Å²) < 4.78 is 0. The predicted octanol–water partition coefficient (Wildman–Crippen LogP) is 10.1. The standard InChI is InChI=1S/C37H33N/c1-24-14-16-25(17-15-24)38(26-18-20-30-28-10-6-8-12-32(28)36(2,3)34(30)22-26)27-19-21-31-29-11-7-9-13-33(29)37(4,5)35(31)23-27/h6-23H,1-5H3. The summed E-state index contributed by atoms with van der Waals surface area (Å²) in [5.41, 5.74) is 15.8. The van der Waals surface area contributed by atoms with E-state index in [0.29, 0.717) is 0 Å². The molecule has 0 aromatic heterocycles. The monoisotopic (exact) mass is 491 g/mol. The SMILES string of the molecule is Cc1ccc(N(c2ccc3c(c2)C(C)(C)c2ccccc2-3)c2ccc3c(c2)C(C)(C)c2ccccc2-3)cc1. The first-order valence-corrected chi connectivity index (χ1v) is 13.6. The maximum Gasteiger partial charge on any atom is 0.0465 e. The molecule has 0 atom stereocenters. The van der Waals surface area contributed by atoms with Gasteiger partial charge in [-0.15, -0.1) is 0 Å². The van der Waals surface area contributed by atoms with Crippen molar-refractivity contribution in [2.45, 2.75) is 45.4 Å². The molecule has 186 valence electrons. The molecule has 1 heteroatoms. The Hall–Kier alpha value is -4.10. The van der Waals surface area contributed by atoms with Crippen molar-refractivity contribution >= 4 is 17.1 Å². The zero-order chi connectivity index (χ0) is 26.2. The van der Waals surface area contributed by atoms with Crippen molar-refractivity contribution in [3.05, 3.63) is 137 Å². The highest BCUT2D eigenvalue weighted by atomic mass is 15.1. The second-order valence-corrected chi connectivity index (χ2v) is 12.0. The normalized spacial score (nSPS) is 15.4. The van der Waals surface area contributed by atoms with E-state index in [4.69, 9.17) is 0 Å². The van der Waals surface area contributed by atoms with E-state index in [1.165, 1.54) is 67.1 Å². The van der Waals surface area contributed by atoms with Crippen LogP contribution in [0.15, 0.2) is 109 Å². The van der Waals surface area contributed by atoms with E-state index in [9.17, 15) is 0 Å². The molecule has 0 fully saturated rings. The fraction of sp³-hybridized carbons (Fsp3) is 0.189. The van der Waals surface area contributed by atoms with Gasteiger partial charge in [0.25, 0.3) is 0 Å². The highest BCUT2D eigenvalue weighted by Gasteiger charge is 2.37. The Morgan fingerprint density at radius 3 is 1.29 bits per heavy atom. The molecule has 0 spiro atoms. The fourth-order valence-electron chi connectivity index (χ4n) is 6.80. The van der Waals surface area contributed by atoms with Crippen molar-refractivity contribution in [1.29, 1.82) is 0 Å². The molecule has 0 aliphatic heterocycles. The molecule has 2 aliphatic rings. The summed E-state index contributed by atoms with van der Waals surface area (Å²) in [6.07, 6.45) is 0. The molecule has 7 rings (SSSR count). The summed E-state index contributed by atoms with van der Waals surface area (Å²) in [6, 6.07) is 40.7. The van der Waals surface area contributed by atoms with E-state index in [1.807, 2.05) is 0 Å². The van der Waals surface area contributed by atoms with Crippen LogP contribution in [0.4, 0.5) is 17.1 Å². The lowest BCUT2D eigenvalue weighted by molar-refractivity contribution is 0.660. The molecular formula is C37H33N. The minimum atomic E-state index is -0.0392. The van der Waals surface area contributed by atoms with E-state index in [-0.39, 0.29) is 10.8 Å². The Bertz CT molecular complexity index is 1610. The van der Waals surface area contributed by atoms with Crippen LogP contribution in [0.5, 0.6) is 0 Å². The first-order chi connectivity index (χ1) is 18.3. The van der Waals surface area contributed by atoms with Gasteiger partial charge in [-0.2, -0.15) is 0 Å². The van der Waals surface area contributed by atoms with Gasteiger partial charge in [0, 0.05) is 27.9 Å². The average molecular weight is 492 g/mol. The van der Waals surface area contributed by atoms with E-state index in [0.717, 1.165) is 0 Å². The van der Waals surface area contributed by atoms with E-state index < -0.39 is 0 Å². The van der Waals surface area contributed by atoms with Crippen molar-refractivity contribution in [2.24, 2.45) is 0 Å². The molecule has 0 heterocycles. The first-order valence-electron chi connectivity index (χ1n) is 13.6. The summed E-state index contributed by atoms with van der Waals surface area (Å²) in [5.74, 6) is 0. The lowest BCUT2D eigenvalue weighted by atomic mass is 9.82. The van der Waals surface area contributed by atoms with Crippen molar-refractivity contribution in [3.8, 4) is 22.3 Å². The van der Waals surface area contributed by atoms with Crippen molar-refractivity contribution in [2.75, 3.05) is 4.90 Å². The molecule has 38 heavy (non-hydrogen) atoms. The minimum absolute atomic E-state index is 0.0392. The molecule has 0 amide bonds. The highest BCUT2D eigenvalue weighted by molar-refractivity contribution is 5.88. The van der Waals surface area contributed by atoms with Crippen LogP contribution in [0.2, 0.25) is 0 Å². The minimum Gasteiger partial charge on any atom is -0.310 e. The number of anilines is 3. The van der Waals surface area contributed by atoms with E-state index in [2.05, 4.69) is 149 Å². The van der Waals surface area contributed by atoms with Gasteiger partial charge in [-0.05, 0) is 87.8 Å². The molecule has 0 saturated heterocycles. The average Bonchev–Trinajstić information content (AvgIpc) is 3.30. The summed E-state index contributed by atoms with van der Waals surface area (Å²) in [4.78, 5) is 2.43. The Morgan fingerprint density at radius 1 is 0.421 bits per heavy atom. The van der Waals surface area contributed by atoms with Gasteiger partial charge in [0.15, 0.2) is 0 Å². The highest BCUT2D eigenvalue weighted by Crippen LogP contribution is 2.52. The van der Waals surface area contributed by atoms with Gasteiger partial charge in [0.2, 0.25) is 0 Å². The van der Waals surface area contributed by atoms with Crippen molar-refractivity contribution in [3.63, 3.8) is 0 Å². The van der Waals surface area contributed by atoms with Crippen molar-refractivity contribution in [1.82, 2.24) is 0 Å². The summed E-state index contributed by atoms with van der Waals surface area (Å²) in [6.45, 7) is 11.6. The van der Waals surface area contributed by atoms with Crippen LogP contribution in [-0.4, -0.2) is 0 Å². The third kappa shape index (κ3) is 3.18. The number of benzene rings is 5. The van der Waals surface area contributed by atoms with Crippen LogP contribution in [0, 0.1) is 6.92 Å². The molecule has 1 nitrogen and oxygen atoms in total. The predicted molar refractivity (Wildman–Crippen MR) is 161 cm³/mol. The zero-order valence-corrected chi connectivity index (χ0v) is 22.8. The van der Waals surface area contributed by atoms with E-state index >= 15 is 0 Å². The number of fused-ring (bicyclic) bond motifs is 6. The first kappa shape index (κ1) is 23.0. The molecule has 0 radical (unpaired) electrons. The van der Waals surface area contributed by atoms with Gasteiger partial charge in [0.1, 0.15) is 0 Å². The van der Waals surface area contributed by atoms with Crippen LogP contribution in [-0.2, 0) is 10.8 Å². The lowest BCUT2D eigenvalue weighted by Gasteiger charge is -2.29. The van der Waals surface area contributed by atoms with E-state index in [1.54, 1.807) is 0 Å². The largest absolute Gasteiger partial charge is 0.310 e. The summed E-state index contributed by atoms with van der Waals surface area (Å²) in [5, 5.41) is 0. The van der Waals surface area contributed by atoms with Gasteiger partial charge in [-0.1, -0.05) is 106 Å². The van der Waals surface area contributed by atoms with Gasteiger partial charge in [0.05, 0.1) is 0 Å². The van der Waals surface area contributed by atoms with Crippen LogP contribution < -0.4 is 4.90 Å². The van der Waals surface area contributed by atoms with Crippen LogP contribution in [0.25, 0.3) is 22.3 Å². The number of hydrogen-bond donors (Lipinski definition) is 0. The number of nitrogens with zero attached hydrogens (tertiary/aromatic N) is 1. The van der Waals surface area contributed by atoms with Crippen LogP contribution in [0.1, 0.15) is 55.5 Å². The Labute approximate surface area is 226 Å². The maximum atomic E-state index is 2.43.